The third-order valence-electron chi connectivity index (χ3n) is 3.60. The molecule has 0 bridgehead atoms. The fraction of sp³-hybridized carbons (Fsp3) is 0.0526. The first kappa shape index (κ1) is 20.9. The van der Waals surface area contributed by atoms with Crippen LogP contribution < -0.4 is 14.8 Å². The van der Waals surface area contributed by atoms with Gasteiger partial charge in [-0.15, -0.1) is 0 Å². The van der Waals surface area contributed by atoms with Gasteiger partial charge in [0.1, 0.15) is 11.6 Å². The van der Waals surface area contributed by atoms with Gasteiger partial charge >= 0.3 is 0 Å². The average Bonchev–Trinajstić information content (AvgIpc) is 2.68. The second kappa shape index (κ2) is 9.13. The van der Waals surface area contributed by atoms with Crippen LogP contribution in [-0.4, -0.2) is 25.9 Å². The van der Waals surface area contributed by atoms with E-state index in [1.54, 1.807) is 30.3 Å². The molecule has 150 valence electrons. The Labute approximate surface area is 177 Å². The van der Waals surface area contributed by atoms with Gasteiger partial charge in [0.05, 0.1) is 9.92 Å². The summed E-state index contributed by atoms with van der Waals surface area (Å²) in [4.78, 5) is 16.0. The number of carbonyl (C=O) groups is 1. The van der Waals surface area contributed by atoms with Gasteiger partial charge in [-0.25, -0.2) is 13.4 Å². The van der Waals surface area contributed by atoms with E-state index >= 15 is 0 Å². The molecule has 29 heavy (non-hydrogen) atoms. The molecule has 3 aromatic rings. The Balaban J connectivity index is 1.59. The van der Waals surface area contributed by atoms with Gasteiger partial charge in [0, 0.05) is 16.9 Å². The van der Waals surface area contributed by atoms with E-state index in [2.05, 4.69) is 15.0 Å². The lowest BCUT2D eigenvalue weighted by Gasteiger charge is -2.10. The van der Waals surface area contributed by atoms with Crippen LogP contribution in [0.4, 0.5) is 11.5 Å². The molecular formula is C19H15Cl2N3O4S. The first-order valence-electron chi connectivity index (χ1n) is 8.25. The minimum atomic E-state index is -3.79. The molecule has 0 unspecified atom stereocenters. The van der Waals surface area contributed by atoms with Gasteiger partial charge in [0.25, 0.3) is 15.9 Å². The number of amides is 1. The Morgan fingerprint density at radius 1 is 1.03 bits per heavy atom. The Morgan fingerprint density at radius 2 is 1.79 bits per heavy atom. The molecule has 10 heteroatoms. The Bertz CT molecular complexity index is 1110. The maximum Gasteiger partial charge on any atom is 0.263 e. The molecule has 0 aliphatic carbocycles. The van der Waals surface area contributed by atoms with E-state index < -0.39 is 15.9 Å². The van der Waals surface area contributed by atoms with Gasteiger partial charge in [-0.05, 0) is 54.6 Å². The molecule has 0 saturated carbocycles. The predicted octanol–water partition coefficient (Wildman–Crippen LogP) is 4.21. The summed E-state index contributed by atoms with van der Waals surface area (Å²) in [5.74, 6) is 0.106. The molecule has 1 heterocycles. The van der Waals surface area contributed by atoms with E-state index in [9.17, 15) is 13.2 Å². The van der Waals surface area contributed by atoms with Crippen LogP contribution in [0, 0.1) is 0 Å². The fourth-order valence-electron chi connectivity index (χ4n) is 2.27. The number of anilines is 2. The lowest BCUT2D eigenvalue weighted by atomic mass is 10.3. The topological polar surface area (TPSA) is 97.4 Å². The number of halogens is 2. The molecule has 0 aliphatic rings. The van der Waals surface area contributed by atoms with Crippen LogP contribution in [0.3, 0.4) is 0 Å². The lowest BCUT2D eigenvalue weighted by molar-refractivity contribution is -0.118. The van der Waals surface area contributed by atoms with Crippen molar-refractivity contribution in [3.05, 3.63) is 76.9 Å². The number of hydrogen-bond donors (Lipinski definition) is 2. The number of nitrogens with zero attached hydrogens (tertiary/aromatic N) is 1. The van der Waals surface area contributed by atoms with Gasteiger partial charge < -0.3 is 10.1 Å². The van der Waals surface area contributed by atoms with E-state index in [0.29, 0.717) is 21.5 Å². The highest BCUT2D eigenvalue weighted by molar-refractivity contribution is 7.92. The Morgan fingerprint density at radius 3 is 2.45 bits per heavy atom. The van der Waals surface area contributed by atoms with E-state index in [1.165, 1.54) is 36.5 Å². The van der Waals surface area contributed by atoms with Crippen LogP contribution in [0.15, 0.2) is 71.8 Å². The number of pyridine rings is 1. The molecule has 2 aromatic carbocycles. The summed E-state index contributed by atoms with van der Waals surface area (Å²) < 4.78 is 32.5. The normalized spacial score (nSPS) is 11.0. The minimum absolute atomic E-state index is 0.0327. The van der Waals surface area contributed by atoms with Gasteiger partial charge in [0.15, 0.2) is 6.61 Å². The maximum absolute atomic E-state index is 12.4. The molecule has 1 aromatic heterocycles. The number of hydrogen-bond acceptors (Lipinski definition) is 5. The molecule has 1 amide bonds. The van der Waals surface area contributed by atoms with E-state index in [0.717, 1.165) is 0 Å². The summed E-state index contributed by atoms with van der Waals surface area (Å²) in [5, 5.41) is 3.36. The van der Waals surface area contributed by atoms with Crippen LogP contribution in [-0.2, 0) is 14.8 Å². The van der Waals surface area contributed by atoms with E-state index in [4.69, 9.17) is 27.9 Å². The zero-order valence-electron chi connectivity index (χ0n) is 14.8. The van der Waals surface area contributed by atoms with Crippen LogP contribution in [0.25, 0.3) is 0 Å². The third kappa shape index (κ3) is 5.83. The number of nitrogens with one attached hydrogen (secondary N) is 2. The fourth-order valence-corrected chi connectivity index (χ4v) is 3.74. The second-order valence-corrected chi connectivity index (χ2v) is 8.28. The lowest BCUT2D eigenvalue weighted by Crippen LogP contribution is -2.20. The summed E-state index contributed by atoms with van der Waals surface area (Å²) >= 11 is 11.8. The van der Waals surface area contributed by atoms with E-state index in [-0.39, 0.29) is 17.3 Å². The molecule has 7 nitrogen and oxygen atoms in total. The van der Waals surface area contributed by atoms with Crippen molar-refractivity contribution in [3.63, 3.8) is 0 Å². The molecule has 3 rings (SSSR count). The van der Waals surface area contributed by atoms with Gasteiger partial charge in [-0.3, -0.25) is 9.52 Å². The van der Waals surface area contributed by atoms with Crippen molar-refractivity contribution in [2.75, 3.05) is 16.6 Å². The molecule has 2 N–H and O–H groups in total. The average molecular weight is 452 g/mol. The highest BCUT2D eigenvalue weighted by Gasteiger charge is 2.15. The maximum atomic E-state index is 12.4. The molecule has 0 fully saturated rings. The molecule has 0 aliphatic heterocycles. The summed E-state index contributed by atoms with van der Waals surface area (Å²) in [7, 11) is -3.79. The molecule has 0 saturated heterocycles. The summed E-state index contributed by atoms with van der Waals surface area (Å²) in [5.41, 5.74) is 0.414. The summed E-state index contributed by atoms with van der Waals surface area (Å²) in [6, 6.07) is 15.2. The standard InChI is InChI=1S/C19H15Cl2N3O4S/c20-13-4-9-17(16(21)11-13)28-12-19(25)23-14-5-7-15(8-6-14)29(26,27)24-18-3-1-2-10-22-18/h1-11H,12H2,(H,22,24)(H,23,25). The van der Waals surface area contributed by atoms with Crippen LogP contribution >= 0.6 is 23.2 Å². The van der Waals surface area contributed by atoms with Crippen molar-refractivity contribution in [2.24, 2.45) is 0 Å². The van der Waals surface area contributed by atoms with Crippen LogP contribution in [0.2, 0.25) is 10.0 Å². The molecule has 0 spiro atoms. The molecular weight excluding hydrogens is 437 g/mol. The van der Waals surface area contributed by atoms with Crippen molar-refractivity contribution >= 4 is 50.6 Å². The van der Waals surface area contributed by atoms with Crippen molar-refractivity contribution in [3.8, 4) is 5.75 Å². The van der Waals surface area contributed by atoms with Gasteiger partial charge in [-0.1, -0.05) is 29.3 Å². The largest absolute Gasteiger partial charge is 0.482 e. The first-order valence-corrected chi connectivity index (χ1v) is 10.5. The van der Waals surface area contributed by atoms with Gasteiger partial charge in [-0.2, -0.15) is 0 Å². The van der Waals surface area contributed by atoms with Crippen molar-refractivity contribution in [1.82, 2.24) is 4.98 Å². The Kier molecular flexibility index (Phi) is 6.58. The van der Waals surface area contributed by atoms with Crippen molar-refractivity contribution < 1.29 is 17.9 Å². The highest BCUT2D eigenvalue weighted by Crippen LogP contribution is 2.27. The van der Waals surface area contributed by atoms with Crippen LogP contribution in [0.1, 0.15) is 0 Å². The SMILES string of the molecule is O=C(COc1ccc(Cl)cc1Cl)Nc1ccc(S(=O)(=O)Nc2ccccn2)cc1. The zero-order valence-corrected chi connectivity index (χ0v) is 17.1. The number of aromatic nitrogens is 1. The summed E-state index contributed by atoms with van der Waals surface area (Å²) in [6.07, 6.45) is 1.48. The second-order valence-electron chi connectivity index (χ2n) is 5.76. The predicted molar refractivity (Wildman–Crippen MR) is 112 cm³/mol. The molecule has 0 radical (unpaired) electrons. The number of ether oxygens (including phenoxy) is 1. The third-order valence-corrected chi connectivity index (χ3v) is 5.51. The number of carbonyl (C=O) groups excluding carboxylic acids is 1. The van der Waals surface area contributed by atoms with E-state index in [1.807, 2.05) is 0 Å². The smallest absolute Gasteiger partial charge is 0.263 e. The van der Waals surface area contributed by atoms with Crippen molar-refractivity contribution in [2.45, 2.75) is 4.90 Å². The number of benzene rings is 2. The molecule has 0 atom stereocenters. The highest BCUT2D eigenvalue weighted by atomic mass is 35.5. The Hall–Kier alpha value is -2.81. The van der Waals surface area contributed by atoms with Crippen molar-refractivity contribution in [1.29, 1.82) is 0 Å². The summed E-state index contributed by atoms with van der Waals surface area (Å²) in [6.45, 7) is -0.275. The first-order chi connectivity index (χ1) is 13.8. The minimum Gasteiger partial charge on any atom is -0.482 e. The van der Waals surface area contributed by atoms with Crippen LogP contribution in [0.5, 0.6) is 5.75 Å². The number of rotatable bonds is 7. The monoisotopic (exact) mass is 451 g/mol. The van der Waals surface area contributed by atoms with Gasteiger partial charge in [0.2, 0.25) is 0 Å². The number of sulfonamides is 1. The zero-order chi connectivity index (χ0) is 20.9. The quantitative estimate of drug-likeness (QED) is 0.560.